The standard InChI is InChI=1S/C11H14N2O2/c1-15-11(14)8-4-7(5-8)10-6-9(12)2-3-13-10/h2-3,6-8H,4-5H2,1H3,(H2,12,13). The van der Waals surface area contributed by atoms with Gasteiger partial charge in [-0.25, -0.2) is 0 Å². The predicted octanol–water partition coefficient (Wildman–Crippen LogP) is 1.33. The lowest BCUT2D eigenvalue weighted by Crippen LogP contribution is -2.30. The molecule has 2 rings (SSSR count). The Kier molecular flexibility index (Phi) is 2.58. The molecule has 0 aromatic carbocycles. The van der Waals surface area contributed by atoms with Gasteiger partial charge in [0.1, 0.15) is 0 Å². The lowest BCUT2D eigenvalue weighted by atomic mass is 9.73. The Bertz CT molecular complexity index is 373. The highest BCUT2D eigenvalue weighted by atomic mass is 16.5. The Morgan fingerprint density at radius 2 is 2.33 bits per heavy atom. The van der Waals surface area contributed by atoms with E-state index in [0.717, 1.165) is 24.2 Å². The number of hydrogen-bond acceptors (Lipinski definition) is 4. The van der Waals surface area contributed by atoms with Crippen molar-refractivity contribution in [3.8, 4) is 0 Å². The summed E-state index contributed by atoms with van der Waals surface area (Å²) in [6.07, 6.45) is 3.35. The average Bonchev–Trinajstić information content (AvgIpc) is 2.15. The summed E-state index contributed by atoms with van der Waals surface area (Å²) in [4.78, 5) is 15.4. The average molecular weight is 206 g/mol. The van der Waals surface area contributed by atoms with E-state index in [1.165, 1.54) is 7.11 Å². The third kappa shape index (κ3) is 1.93. The number of hydrogen-bond donors (Lipinski definition) is 1. The third-order valence-corrected chi connectivity index (χ3v) is 2.90. The van der Waals surface area contributed by atoms with Crippen molar-refractivity contribution in [1.29, 1.82) is 0 Å². The van der Waals surface area contributed by atoms with Gasteiger partial charge in [-0.3, -0.25) is 9.78 Å². The molecule has 0 unspecified atom stereocenters. The van der Waals surface area contributed by atoms with E-state index in [0.29, 0.717) is 5.92 Å². The molecule has 1 aliphatic carbocycles. The number of pyridine rings is 1. The first-order valence-corrected chi connectivity index (χ1v) is 5.00. The number of ether oxygens (including phenoxy) is 1. The van der Waals surface area contributed by atoms with E-state index in [1.807, 2.05) is 6.07 Å². The van der Waals surface area contributed by atoms with Crippen LogP contribution in [-0.2, 0) is 9.53 Å². The number of esters is 1. The van der Waals surface area contributed by atoms with Crippen molar-refractivity contribution in [3.05, 3.63) is 24.0 Å². The first kappa shape index (κ1) is 9.96. The highest BCUT2D eigenvalue weighted by Gasteiger charge is 2.36. The molecule has 0 amide bonds. The largest absolute Gasteiger partial charge is 0.469 e. The number of nitrogen functional groups attached to an aromatic ring is 1. The summed E-state index contributed by atoms with van der Waals surface area (Å²) in [5.74, 6) is 0.288. The second-order valence-electron chi connectivity index (χ2n) is 3.90. The van der Waals surface area contributed by atoms with Gasteiger partial charge in [-0.15, -0.1) is 0 Å². The van der Waals surface area contributed by atoms with Crippen LogP contribution < -0.4 is 5.73 Å². The van der Waals surface area contributed by atoms with Gasteiger partial charge >= 0.3 is 5.97 Å². The van der Waals surface area contributed by atoms with Crippen molar-refractivity contribution in [3.63, 3.8) is 0 Å². The van der Waals surface area contributed by atoms with E-state index in [1.54, 1.807) is 12.3 Å². The molecule has 15 heavy (non-hydrogen) atoms. The monoisotopic (exact) mass is 206 g/mol. The summed E-state index contributed by atoms with van der Waals surface area (Å²) in [5.41, 5.74) is 7.37. The van der Waals surface area contributed by atoms with Gasteiger partial charge in [0.25, 0.3) is 0 Å². The van der Waals surface area contributed by atoms with Gasteiger partial charge in [0.15, 0.2) is 0 Å². The molecule has 1 aromatic heterocycles. The quantitative estimate of drug-likeness (QED) is 0.741. The molecule has 2 N–H and O–H groups in total. The Labute approximate surface area is 88.4 Å². The minimum atomic E-state index is -0.116. The van der Waals surface area contributed by atoms with Crippen LogP contribution in [0.15, 0.2) is 18.3 Å². The lowest BCUT2D eigenvalue weighted by molar-refractivity contribution is -0.148. The van der Waals surface area contributed by atoms with Gasteiger partial charge in [-0.05, 0) is 25.0 Å². The van der Waals surface area contributed by atoms with E-state index in [-0.39, 0.29) is 11.9 Å². The minimum Gasteiger partial charge on any atom is -0.469 e. The SMILES string of the molecule is COC(=O)C1CC(c2cc(N)ccn2)C1. The van der Waals surface area contributed by atoms with Crippen LogP contribution in [0.2, 0.25) is 0 Å². The molecule has 1 heterocycles. The Morgan fingerprint density at radius 3 is 2.93 bits per heavy atom. The first-order valence-electron chi connectivity index (χ1n) is 5.00. The van der Waals surface area contributed by atoms with Crippen molar-refractivity contribution in [2.75, 3.05) is 12.8 Å². The molecule has 0 spiro atoms. The summed E-state index contributed by atoms with van der Waals surface area (Å²) in [6.45, 7) is 0. The van der Waals surface area contributed by atoms with Crippen LogP contribution in [0, 0.1) is 5.92 Å². The normalized spacial score (nSPS) is 24.3. The van der Waals surface area contributed by atoms with Crippen LogP contribution in [0.25, 0.3) is 0 Å². The van der Waals surface area contributed by atoms with Crippen molar-refractivity contribution < 1.29 is 9.53 Å². The maximum atomic E-state index is 11.2. The van der Waals surface area contributed by atoms with E-state index in [2.05, 4.69) is 9.72 Å². The van der Waals surface area contributed by atoms with Crippen LogP contribution in [0.1, 0.15) is 24.5 Å². The molecule has 1 aromatic rings. The van der Waals surface area contributed by atoms with Gasteiger partial charge in [0.2, 0.25) is 0 Å². The molecular formula is C11H14N2O2. The van der Waals surface area contributed by atoms with Gasteiger partial charge in [-0.1, -0.05) is 0 Å². The van der Waals surface area contributed by atoms with Gasteiger partial charge in [0.05, 0.1) is 13.0 Å². The van der Waals surface area contributed by atoms with E-state index in [4.69, 9.17) is 5.73 Å². The van der Waals surface area contributed by atoms with Gasteiger partial charge in [-0.2, -0.15) is 0 Å². The summed E-state index contributed by atoms with van der Waals surface area (Å²) in [5, 5.41) is 0. The van der Waals surface area contributed by atoms with Gasteiger partial charge in [0, 0.05) is 23.5 Å². The number of anilines is 1. The number of rotatable bonds is 2. The van der Waals surface area contributed by atoms with Crippen molar-refractivity contribution in [2.24, 2.45) is 5.92 Å². The molecule has 1 aliphatic rings. The van der Waals surface area contributed by atoms with E-state index < -0.39 is 0 Å². The Balaban J connectivity index is 1.97. The first-order chi connectivity index (χ1) is 7.20. The fraction of sp³-hybridized carbons (Fsp3) is 0.455. The fourth-order valence-electron chi connectivity index (χ4n) is 1.91. The highest BCUT2D eigenvalue weighted by molar-refractivity contribution is 5.73. The topological polar surface area (TPSA) is 65.2 Å². The molecule has 0 radical (unpaired) electrons. The van der Waals surface area contributed by atoms with E-state index in [9.17, 15) is 4.79 Å². The summed E-state index contributed by atoms with van der Waals surface area (Å²) in [7, 11) is 1.43. The smallest absolute Gasteiger partial charge is 0.308 e. The molecule has 1 saturated carbocycles. The lowest BCUT2D eigenvalue weighted by Gasteiger charge is -2.32. The summed E-state index contributed by atoms with van der Waals surface area (Å²) < 4.78 is 4.68. The zero-order valence-electron chi connectivity index (χ0n) is 8.64. The van der Waals surface area contributed by atoms with Crippen LogP contribution in [-0.4, -0.2) is 18.1 Å². The van der Waals surface area contributed by atoms with Crippen molar-refractivity contribution >= 4 is 11.7 Å². The molecule has 0 aliphatic heterocycles. The number of nitrogens with two attached hydrogens (primary N) is 1. The molecule has 80 valence electrons. The predicted molar refractivity (Wildman–Crippen MR) is 56.1 cm³/mol. The molecule has 4 nitrogen and oxygen atoms in total. The number of methoxy groups -OCH3 is 1. The van der Waals surface area contributed by atoms with Crippen molar-refractivity contribution in [1.82, 2.24) is 4.98 Å². The number of aromatic nitrogens is 1. The maximum Gasteiger partial charge on any atom is 0.308 e. The zero-order valence-corrected chi connectivity index (χ0v) is 8.64. The van der Waals surface area contributed by atoms with Crippen LogP contribution in [0.4, 0.5) is 5.69 Å². The molecular weight excluding hydrogens is 192 g/mol. The zero-order chi connectivity index (χ0) is 10.8. The molecule has 0 atom stereocenters. The summed E-state index contributed by atoms with van der Waals surface area (Å²) in [6, 6.07) is 3.64. The van der Waals surface area contributed by atoms with E-state index >= 15 is 0 Å². The molecule has 1 fully saturated rings. The van der Waals surface area contributed by atoms with Crippen LogP contribution in [0.5, 0.6) is 0 Å². The third-order valence-electron chi connectivity index (χ3n) is 2.90. The fourth-order valence-corrected chi connectivity index (χ4v) is 1.91. The van der Waals surface area contributed by atoms with Gasteiger partial charge < -0.3 is 10.5 Å². The second-order valence-corrected chi connectivity index (χ2v) is 3.90. The van der Waals surface area contributed by atoms with Crippen LogP contribution >= 0.6 is 0 Å². The number of carbonyl (C=O) groups excluding carboxylic acids is 1. The second kappa shape index (κ2) is 3.88. The maximum absolute atomic E-state index is 11.2. The highest BCUT2D eigenvalue weighted by Crippen LogP contribution is 2.41. The van der Waals surface area contributed by atoms with Crippen LogP contribution in [0.3, 0.4) is 0 Å². The minimum absolute atomic E-state index is 0.0447. The molecule has 4 heteroatoms. The van der Waals surface area contributed by atoms with Crippen molar-refractivity contribution in [2.45, 2.75) is 18.8 Å². The number of nitrogens with zero attached hydrogens (tertiary/aromatic N) is 1. The Morgan fingerprint density at radius 1 is 1.60 bits per heavy atom. The number of carbonyl (C=O) groups is 1. The Hall–Kier alpha value is -1.58. The molecule has 0 saturated heterocycles. The molecule has 0 bridgehead atoms. The summed E-state index contributed by atoms with van der Waals surface area (Å²) >= 11 is 0.